The molecule has 3 aliphatic carbocycles. The van der Waals surface area contributed by atoms with Crippen LogP contribution in [0, 0.1) is 17.8 Å². The van der Waals surface area contributed by atoms with Gasteiger partial charge in [-0.2, -0.15) is 0 Å². The number of rotatable bonds is 5. The molecule has 3 aliphatic rings. The Hall–Kier alpha value is -0.0400. The molecular formula is C13H23N. The van der Waals surface area contributed by atoms with E-state index in [-0.39, 0.29) is 0 Å². The van der Waals surface area contributed by atoms with Crippen LogP contribution in [0.2, 0.25) is 0 Å². The lowest BCUT2D eigenvalue weighted by Gasteiger charge is -2.21. The Labute approximate surface area is 87.7 Å². The first-order chi connectivity index (χ1) is 6.92. The van der Waals surface area contributed by atoms with Crippen LogP contribution in [0.5, 0.6) is 0 Å². The van der Waals surface area contributed by atoms with Crippen molar-refractivity contribution in [2.24, 2.45) is 17.8 Å². The van der Waals surface area contributed by atoms with E-state index in [9.17, 15) is 0 Å². The van der Waals surface area contributed by atoms with Crippen molar-refractivity contribution in [2.45, 2.75) is 57.4 Å². The van der Waals surface area contributed by atoms with Crippen molar-refractivity contribution in [1.82, 2.24) is 5.32 Å². The molecule has 14 heavy (non-hydrogen) atoms. The van der Waals surface area contributed by atoms with Gasteiger partial charge in [0.25, 0.3) is 0 Å². The summed E-state index contributed by atoms with van der Waals surface area (Å²) in [6, 6.07) is 0.912. The van der Waals surface area contributed by atoms with E-state index < -0.39 is 0 Å². The van der Waals surface area contributed by atoms with Gasteiger partial charge < -0.3 is 5.32 Å². The number of hydrogen-bond acceptors (Lipinski definition) is 1. The van der Waals surface area contributed by atoms with Gasteiger partial charge in [0.15, 0.2) is 0 Å². The van der Waals surface area contributed by atoms with Crippen LogP contribution >= 0.6 is 0 Å². The lowest BCUT2D eigenvalue weighted by Crippen LogP contribution is -2.19. The first-order valence-corrected chi connectivity index (χ1v) is 6.65. The minimum atomic E-state index is 0.912. The molecule has 1 heteroatoms. The van der Waals surface area contributed by atoms with Crippen molar-refractivity contribution in [2.75, 3.05) is 6.54 Å². The van der Waals surface area contributed by atoms with E-state index in [1.807, 2.05) is 0 Å². The second-order valence-electron chi connectivity index (χ2n) is 5.81. The molecule has 0 amide bonds. The third kappa shape index (κ3) is 1.98. The summed E-state index contributed by atoms with van der Waals surface area (Å²) < 4.78 is 0. The fourth-order valence-electron chi connectivity index (χ4n) is 3.69. The van der Waals surface area contributed by atoms with Crippen molar-refractivity contribution < 1.29 is 0 Å². The number of fused-ring (bicyclic) bond motifs is 2. The second kappa shape index (κ2) is 3.84. The zero-order valence-corrected chi connectivity index (χ0v) is 9.17. The van der Waals surface area contributed by atoms with Gasteiger partial charge in [-0.15, -0.1) is 0 Å². The quantitative estimate of drug-likeness (QED) is 0.662. The van der Waals surface area contributed by atoms with Gasteiger partial charge >= 0.3 is 0 Å². The highest BCUT2D eigenvalue weighted by Crippen LogP contribution is 2.49. The van der Waals surface area contributed by atoms with E-state index >= 15 is 0 Å². The Bertz CT molecular complexity index is 197. The molecule has 2 bridgehead atoms. The van der Waals surface area contributed by atoms with Gasteiger partial charge in [-0.25, -0.2) is 0 Å². The van der Waals surface area contributed by atoms with Gasteiger partial charge in [-0.1, -0.05) is 6.42 Å². The zero-order chi connectivity index (χ0) is 9.38. The summed E-state index contributed by atoms with van der Waals surface area (Å²) in [6.45, 7) is 1.29. The SMILES string of the molecule is C(CNC1CC1)CC1CC2CCC1C2. The number of nitrogens with one attached hydrogen (secondary N) is 1. The topological polar surface area (TPSA) is 12.0 Å². The number of hydrogen-bond donors (Lipinski definition) is 1. The average Bonchev–Trinajstić information content (AvgIpc) is 2.79. The maximum atomic E-state index is 3.62. The third-order valence-electron chi connectivity index (χ3n) is 4.65. The van der Waals surface area contributed by atoms with E-state index in [1.165, 1.54) is 32.2 Å². The summed E-state index contributed by atoms with van der Waals surface area (Å²) in [5, 5.41) is 3.62. The summed E-state index contributed by atoms with van der Waals surface area (Å²) in [5.41, 5.74) is 0. The molecule has 0 aromatic heterocycles. The predicted molar refractivity (Wildman–Crippen MR) is 59.2 cm³/mol. The molecule has 3 atom stereocenters. The van der Waals surface area contributed by atoms with Crippen LogP contribution in [0.1, 0.15) is 51.4 Å². The minimum absolute atomic E-state index is 0.912. The standard InChI is InChI=1S/C13H23N/c1(7-14-13-5-6-13)2-11-8-10-3-4-12(11)9-10/h10-14H,1-9H2. The monoisotopic (exact) mass is 193 g/mol. The Morgan fingerprint density at radius 3 is 2.57 bits per heavy atom. The van der Waals surface area contributed by atoms with Crippen LogP contribution < -0.4 is 5.32 Å². The molecule has 3 unspecified atom stereocenters. The minimum Gasteiger partial charge on any atom is -0.314 e. The lowest BCUT2D eigenvalue weighted by molar-refractivity contribution is 0.307. The van der Waals surface area contributed by atoms with Crippen LogP contribution in [-0.2, 0) is 0 Å². The molecule has 1 N–H and O–H groups in total. The van der Waals surface area contributed by atoms with E-state index in [0.717, 1.165) is 23.8 Å². The highest BCUT2D eigenvalue weighted by molar-refractivity contribution is 4.90. The first-order valence-electron chi connectivity index (χ1n) is 6.65. The second-order valence-corrected chi connectivity index (χ2v) is 5.81. The Morgan fingerprint density at radius 1 is 1.00 bits per heavy atom. The molecule has 3 saturated carbocycles. The van der Waals surface area contributed by atoms with Crippen LogP contribution in [0.25, 0.3) is 0 Å². The summed E-state index contributed by atoms with van der Waals surface area (Å²) >= 11 is 0. The fraction of sp³-hybridized carbons (Fsp3) is 1.00. The molecule has 80 valence electrons. The predicted octanol–water partition coefficient (Wildman–Crippen LogP) is 2.95. The van der Waals surface area contributed by atoms with Gasteiger partial charge in [0.2, 0.25) is 0 Å². The molecule has 3 rings (SSSR count). The normalized spacial score (nSPS) is 40.7. The van der Waals surface area contributed by atoms with Gasteiger partial charge in [-0.3, -0.25) is 0 Å². The Morgan fingerprint density at radius 2 is 1.93 bits per heavy atom. The van der Waals surface area contributed by atoms with Gasteiger partial charge in [0, 0.05) is 6.04 Å². The summed E-state index contributed by atoms with van der Waals surface area (Å²) in [5.74, 6) is 3.40. The van der Waals surface area contributed by atoms with E-state index in [2.05, 4.69) is 5.32 Å². The van der Waals surface area contributed by atoms with Crippen LogP contribution in [0.15, 0.2) is 0 Å². The van der Waals surface area contributed by atoms with E-state index in [4.69, 9.17) is 0 Å². The maximum Gasteiger partial charge on any atom is 0.00682 e. The molecule has 1 nitrogen and oxygen atoms in total. The Kier molecular flexibility index (Phi) is 2.53. The lowest BCUT2D eigenvalue weighted by atomic mass is 9.85. The summed E-state index contributed by atoms with van der Waals surface area (Å²) in [4.78, 5) is 0. The molecule has 0 heterocycles. The van der Waals surface area contributed by atoms with E-state index in [1.54, 1.807) is 25.7 Å². The van der Waals surface area contributed by atoms with Crippen LogP contribution in [-0.4, -0.2) is 12.6 Å². The highest BCUT2D eigenvalue weighted by Gasteiger charge is 2.38. The molecule has 0 aromatic rings. The molecule has 3 fully saturated rings. The van der Waals surface area contributed by atoms with Gasteiger partial charge in [0.1, 0.15) is 0 Å². The first kappa shape index (κ1) is 9.21. The van der Waals surface area contributed by atoms with Crippen molar-refractivity contribution in [3.8, 4) is 0 Å². The van der Waals surface area contributed by atoms with Crippen molar-refractivity contribution in [3.05, 3.63) is 0 Å². The molecule has 0 saturated heterocycles. The van der Waals surface area contributed by atoms with Gasteiger partial charge in [-0.05, 0) is 69.2 Å². The molecular weight excluding hydrogens is 170 g/mol. The van der Waals surface area contributed by atoms with E-state index in [0.29, 0.717) is 0 Å². The third-order valence-corrected chi connectivity index (χ3v) is 4.65. The summed E-state index contributed by atoms with van der Waals surface area (Å²) in [7, 11) is 0. The molecule has 0 radical (unpaired) electrons. The Balaban J connectivity index is 1.32. The van der Waals surface area contributed by atoms with Crippen molar-refractivity contribution >= 4 is 0 Å². The smallest absolute Gasteiger partial charge is 0.00682 e. The zero-order valence-electron chi connectivity index (χ0n) is 9.17. The van der Waals surface area contributed by atoms with Crippen LogP contribution in [0.4, 0.5) is 0 Å². The molecule has 0 aromatic carbocycles. The van der Waals surface area contributed by atoms with Crippen molar-refractivity contribution in [3.63, 3.8) is 0 Å². The van der Waals surface area contributed by atoms with Crippen molar-refractivity contribution in [1.29, 1.82) is 0 Å². The van der Waals surface area contributed by atoms with Gasteiger partial charge in [0.05, 0.1) is 0 Å². The fourth-order valence-corrected chi connectivity index (χ4v) is 3.69. The highest BCUT2D eigenvalue weighted by atomic mass is 14.9. The maximum absolute atomic E-state index is 3.62. The molecule has 0 aliphatic heterocycles. The molecule has 0 spiro atoms. The largest absolute Gasteiger partial charge is 0.314 e. The van der Waals surface area contributed by atoms with Crippen LogP contribution in [0.3, 0.4) is 0 Å². The summed E-state index contributed by atoms with van der Waals surface area (Å²) in [6.07, 6.45) is 12.1. The average molecular weight is 193 g/mol.